The lowest BCUT2D eigenvalue weighted by Gasteiger charge is -2.35. The molecule has 0 bridgehead atoms. The minimum absolute atomic E-state index is 0.332. The van der Waals surface area contributed by atoms with Gasteiger partial charge in [-0.15, -0.1) is 11.3 Å². The Morgan fingerprint density at radius 3 is 2.70 bits per heavy atom. The monoisotopic (exact) mass is 307 g/mol. The predicted octanol–water partition coefficient (Wildman–Crippen LogP) is 1.31. The van der Waals surface area contributed by atoms with Gasteiger partial charge in [0, 0.05) is 32.7 Å². The number of nitrogens with zero attached hydrogens (tertiary/aromatic N) is 1. The number of nitrogens with one attached hydrogen (secondary N) is 2. The highest BCUT2D eigenvalue weighted by molar-refractivity contribution is 7.12. The van der Waals surface area contributed by atoms with Gasteiger partial charge in [-0.2, -0.15) is 13.2 Å². The lowest BCUT2D eigenvalue weighted by atomic mass is 10.2. The van der Waals surface area contributed by atoms with Crippen molar-refractivity contribution < 1.29 is 18.0 Å². The van der Waals surface area contributed by atoms with Crippen molar-refractivity contribution in [3.8, 4) is 0 Å². The summed E-state index contributed by atoms with van der Waals surface area (Å²) in [6, 6.07) is 1.65. The number of carbonyl (C=O) groups is 1. The second-order valence-electron chi connectivity index (χ2n) is 4.53. The maximum atomic E-state index is 13.1. The average molecular weight is 307 g/mol. The molecule has 20 heavy (non-hydrogen) atoms. The molecule has 1 amide bonds. The van der Waals surface area contributed by atoms with Crippen LogP contribution in [0.5, 0.6) is 0 Å². The first kappa shape index (κ1) is 15.3. The Bertz CT molecular complexity index is 430. The molecule has 2 N–H and O–H groups in total. The van der Waals surface area contributed by atoms with Crippen molar-refractivity contribution in [2.24, 2.45) is 0 Å². The number of piperazine rings is 1. The molecule has 1 saturated heterocycles. The fourth-order valence-corrected chi connectivity index (χ4v) is 2.77. The number of carbonyl (C=O) groups excluding carboxylic acids is 1. The minimum atomic E-state index is -4.35. The highest BCUT2D eigenvalue weighted by Gasteiger charge is 2.43. The second kappa shape index (κ2) is 6.55. The first-order valence-electron chi connectivity index (χ1n) is 6.31. The molecule has 1 fully saturated rings. The van der Waals surface area contributed by atoms with E-state index in [9.17, 15) is 18.0 Å². The van der Waals surface area contributed by atoms with Gasteiger partial charge >= 0.3 is 6.18 Å². The molecule has 1 atom stereocenters. The fourth-order valence-electron chi connectivity index (χ4n) is 2.13. The Balaban J connectivity index is 1.95. The van der Waals surface area contributed by atoms with Crippen molar-refractivity contribution in [1.29, 1.82) is 0 Å². The Morgan fingerprint density at radius 2 is 2.15 bits per heavy atom. The van der Waals surface area contributed by atoms with E-state index in [0.717, 1.165) is 0 Å². The van der Waals surface area contributed by atoms with Crippen molar-refractivity contribution in [3.05, 3.63) is 22.4 Å². The summed E-state index contributed by atoms with van der Waals surface area (Å²) in [7, 11) is 0. The molecule has 0 aliphatic carbocycles. The van der Waals surface area contributed by atoms with Crippen molar-refractivity contribution in [2.45, 2.75) is 12.2 Å². The SMILES string of the molecule is O=C(NCC(N1CCNCC1)C(F)(F)F)c1cccs1. The van der Waals surface area contributed by atoms with Crippen LogP contribution in [0, 0.1) is 0 Å². The van der Waals surface area contributed by atoms with Crippen LogP contribution in [0.3, 0.4) is 0 Å². The van der Waals surface area contributed by atoms with Gasteiger partial charge in [-0.3, -0.25) is 9.69 Å². The van der Waals surface area contributed by atoms with Gasteiger partial charge in [-0.25, -0.2) is 0 Å². The zero-order valence-corrected chi connectivity index (χ0v) is 11.6. The number of rotatable bonds is 4. The number of alkyl halides is 3. The normalized spacial score (nSPS) is 18.8. The highest BCUT2D eigenvalue weighted by Crippen LogP contribution is 2.25. The number of hydrogen-bond donors (Lipinski definition) is 2. The topological polar surface area (TPSA) is 44.4 Å². The van der Waals surface area contributed by atoms with E-state index in [-0.39, 0.29) is 0 Å². The third-order valence-corrected chi connectivity index (χ3v) is 4.04. The third kappa shape index (κ3) is 3.94. The van der Waals surface area contributed by atoms with Gasteiger partial charge in [0.05, 0.1) is 4.88 Å². The number of thiophene rings is 1. The molecule has 8 heteroatoms. The van der Waals surface area contributed by atoms with Crippen LogP contribution in [0.2, 0.25) is 0 Å². The quantitative estimate of drug-likeness (QED) is 0.882. The summed E-state index contributed by atoms with van der Waals surface area (Å²) < 4.78 is 39.3. The molecule has 1 aliphatic rings. The molecular weight excluding hydrogens is 291 g/mol. The Morgan fingerprint density at radius 1 is 1.45 bits per heavy atom. The molecule has 0 aromatic carbocycles. The van der Waals surface area contributed by atoms with Gasteiger partial charge in [0.25, 0.3) is 5.91 Å². The van der Waals surface area contributed by atoms with Crippen LogP contribution in [0.25, 0.3) is 0 Å². The number of halogens is 3. The van der Waals surface area contributed by atoms with E-state index in [1.165, 1.54) is 16.2 Å². The fraction of sp³-hybridized carbons (Fsp3) is 0.583. The van der Waals surface area contributed by atoms with Gasteiger partial charge in [-0.05, 0) is 11.4 Å². The molecule has 4 nitrogen and oxygen atoms in total. The van der Waals surface area contributed by atoms with E-state index in [1.807, 2.05) is 0 Å². The minimum Gasteiger partial charge on any atom is -0.349 e. The smallest absolute Gasteiger partial charge is 0.349 e. The Kier molecular flexibility index (Phi) is 5.00. The first-order chi connectivity index (χ1) is 9.48. The number of hydrogen-bond acceptors (Lipinski definition) is 4. The zero-order chi connectivity index (χ0) is 14.6. The zero-order valence-electron chi connectivity index (χ0n) is 10.7. The molecule has 112 valence electrons. The molecule has 0 spiro atoms. The summed E-state index contributed by atoms with van der Waals surface area (Å²) in [6.45, 7) is 1.31. The molecule has 1 aromatic rings. The van der Waals surface area contributed by atoms with Crippen molar-refractivity contribution in [1.82, 2.24) is 15.5 Å². The van der Waals surface area contributed by atoms with Gasteiger partial charge in [-0.1, -0.05) is 6.07 Å². The summed E-state index contributed by atoms with van der Waals surface area (Å²) in [6.07, 6.45) is -4.35. The molecule has 2 heterocycles. The molecule has 2 rings (SSSR count). The summed E-state index contributed by atoms with van der Waals surface area (Å²) in [5.74, 6) is -0.454. The average Bonchev–Trinajstić information content (AvgIpc) is 2.92. The van der Waals surface area contributed by atoms with Gasteiger partial charge in [0.2, 0.25) is 0 Å². The van der Waals surface area contributed by atoms with Gasteiger partial charge < -0.3 is 10.6 Å². The van der Waals surface area contributed by atoms with Crippen molar-refractivity contribution >= 4 is 17.2 Å². The molecular formula is C12H16F3N3OS. The van der Waals surface area contributed by atoms with Crippen LogP contribution in [-0.4, -0.2) is 55.7 Å². The van der Waals surface area contributed by atoms with Crippen LogP contribution >= 0.6 is 11.3 Å². The summed E-state index contributed by atoms with van der Waals surface area (Å²) in [5.41, 5.74) is 0. The summed E-state index contributed by atoms with van der Waals surface area (Å²) >= 11 is 1.21. The maximum absolute atomic E-state index is 13.1. The maximum Gasteiger partial charge on any atom is 0.405 e. The van der Waals surface area contributed by atoms with E-state index in [4.69, 9.17) is 0 Å². The van der Waals surface area contributed by atoms with Crippen LogP contribution in [0.1, 0.15) is 9.67 Å². The Hall–Kier alpha value is -1.12. The van der Waals surface area contributed by atoms with E-state index in [2.05, 4.69) is 10.6 Å². The molecule has 1 aromatic heterocycles. The molecule has 0 radical (unpaired) electrons. The lowest BCUT2D eigenvalue weighted by Crippen LogP contribution is -2.57. The van der Waals surface area contributed by atoms with E-state index >= 15 is 0 Å². The third-order valence-electron chi connectivity index (χ3n) is 3.17. The largest absolute Gasteiger partial charge is 0.405 e. The summed E-state index contributed by atoms with van der Waals surface area (Å²) in [5, 5.41) is 7.11. The van der Waals surface area contributed by atoms with Crippen LogP contribution < -0.4 is 10.6 Å². The van der Waals surface area contributed by atoms with Crippen LogP contribution in [0.4, 0.5) is 13.2 Å². The Labute approximate surface area is 119 Å². The van der Waals surface area contributed by atoms with Gasteiger partial charge in [0.15, 0.2) is 0 Å². The van der Waals surface area contributed by atoms with Crippen molar-refractivity contribution in [3.63, 3.8) is 0 Å². The second-order valence-corrected chi connectivity index (χ2v) is 5.48. The van der Waals surface area contributed by atoms with Crippen LogP contribution in [-0.2, 0) is 0 Å². The molecule has 1 aliphatic heterocycles. The van der Waals surface area contributed by atoms with E-state index in [1.54, 1.807) is 17.5 Å². The molecule has 1 unspecified atom stereocenters. The van der Waals surface area contributed by atoms with E-state index in [0.29, 0.717) is 31.1 Å². The highest BCUT2D eigenvalue weighted by atomic mass is 32.1. The van der Waals surface area contributed by atoms with Crippen LogP contribution in [0.15, 0.2) is 17.5 Å². The molecule has 0 saturated carbocycles. The lowest BCUT2D eigenvalue weighted by molar-refractivity contribution is -0.183. The number of amides is 1. The first-order valence-corrected chi connectivity index (χ1v) is 7.19. The standard InChI is InChI=1S/C12H16F3N3OS/c13-12(14,15)10(18-5-3-16-4-6-18)8-17-11(19)9-2-1-7-20-9/h1-2,7,10,16H,3-6,8H2,(H,17,19). The van der Waals surface area contributed by atoms with E-state index < -0.39 is 24.7 Å². The van der Waals surface area contributed by atoms with Gasteiger partial charge in [0.1, 0.15) is 6.04 Å². The van der Waals surface area contributed by atoms with Crippen molar-refractivity contribution in [2.75, 3.05) is 32.7 Å². The summed E-state index contributed by atoms with van der Waals surface area (Å²) in [4.78, 5) is 13.5. The predicted molar refractivity (Wildman–Crippen MR) is 70.9 cm³/mol.